The second-order valence-electron chi connectivity index (χ2n) is 19.0. The van der Waals surface area contributed by atoms with Crippen LogP contribution < -0.4 is 30.8 Å². The summed E-state index contributed by atoms with van der Waals surface area (Å²) in [6, 6.07) is 57.3. The Balaban J connectivity index is 1.18. The minimum Gasteiger partial charge on any atom is -0.458 e. The van der Waals surface area contributed by atoms with Crippen molar-refractivity contribution in [2.75, 3.05) is 4.90 Å². The molecule has 308 valence electrons. The van der Waals surface area contributed by atoms with Crippen molar-refractivity contribution in [2.24, 2.45) is 0 Å². The molecule has 0 atom stereocenters. The van der Waals surface area contributed by atoms with E-state index in [0.29, 0.717) is 0 Å². The third-order valence-electron chi connectivity index (χ3n) is 12.8. The van der Waals surface area contributed by atoms with Crippen LogP contribution in [0.15, 0.2) is 170 Å². The quantitative estimate of drug-likeness (QED) is 0.150. The van der Waals surface area contributed by atoms with Crippen molar-refractivity contribution in [3.8, 4) is 45.3 Å². The zero-order chi connectivity index (χ0) is 43.6. The van der Waals surface area contributed by atoms with Crippen LogP contribution in [-0.4, -0.2) is 6.71 Å². The maximum Gasteiger partial charge on any atom is 0.260 e. The van der Waals surface area contributed by atoms with Crippen LogP contribution in [0.2, 0.25) is 0 Å². The third kappa shape index (κ3) is 7.14. The minimum atomic E-state index is -0.106. The molecule has 0 radical (unpaired) electrons. The van der Waals surface area contributed by atoms with E-state index in [1.165, 1.54) is 27.5 Å². The number of benzene rings is 8. The first kappa shape index (κ1) is 40.1. The van der Waals surface area contributed by atoms with Crippen LogP contribution in [0.5, 0.6) is 23.0 Å². The Morgan fingerprint density at radius 3 is 1.60 bits per heavy atom. The highest BCUT2D eigenvalue weighted by Crippen LogP contribution is 2.45. The number of nitrogens with zero attached hydrogens (tertiary/aromatic N) is 1. The Labute approximate surface area is 373 Å². The van der Waals surface area contributed by atoms with Gasteiger partial charge in [0.1, 0.15) is 23.0 Å². The highest BCUT2D eigenvalue weighted by Gasteiger charge is 2.41. The second-order valence-corrected chi connectivity index (χ2v) is 19.0. The van der Waals surface area contributed by atoms with Crippen LogP contribution >= 0.6 is 0 Å². The van der Waals surface area contributed by atoms with Gasteiger partial charge in [-0.3, -0.25) is 0 Å². The number of hydrogen-bond donors (Lipinski definition) is 0. The van der Waals surface area contributed by atoms with Crippen LogP contribution in [0, 0.1) is 0 Å². The molecule has 0 amide bonds. The molecule has 0 saturated heterocycles. The van der Waals surface area contributed by atoms with E-state index in [0.717, 1.165) is 84.3 Å². The van der Waals surface area contributed by atoms with Crippen molar-refractivity contribution in [2.45, 2.75) is 59.3 Å². The van der Waals surface area contributed by atoms with Crippen LogP contribution in [0.4, 0.5) is 17.1 Å². The fourth-order valence-corrected chi connectivity index (χ4v) is 9.48. The molecule has 0 aliphatic carbocycles. The normalized spacial score (nSPS) is 12.9. The summed E-state index contributed by atoms with van der Waals surface area (Å²) in [5.41, 5.74) is 15.7. The topological polar surface area (TPSA) is 21.7 Å². The molecule has 2 heterocycles. The molecule has 0 N–H and O–H groups in total. The lowest BCUT2D eigenvalue weighted by Crippen LogP contribution is -2.57. The number of fused-ring (bicyclic) bond motifs is 5. The van der Waals surface area contributed by atoms with Gasteiger partial charge in [0, 0.05) is 29.0 Å². The zero-order valence-electron chi connectivity index (χ0n) is 37.3. The first-order chi connectivity index (χ1) is 30.4. The van der Waals surface area contributed by atoms with E-state index in [-0.39, 0.29) is 17.5 Å². The Hall–Kier alpha value is -7.04. The first-order valence-electron chi connectivity index (χ1n) is 22.1. The van der Waals surface area contributed by atoms with Gasteiger partial charge in [0.05, 0.1) is 5.69 Å². The lowest BCUT2D eigenvalue weighted by molar-refractivity contribution is 0.465. The van der Waals surface area contributed by atoms with E-state index in [1.807, 2.05) is 13.0 Å². The largest absolute Gasteiger partial charge is 0.458 e. The van der Waals surface area contributed by atoms with Crippen molar-refractivity contribution in [1.82, 2.24) is 0 Å². The Bertz CT molecular complexity index is 3050. The average molecular weight is 818 g/mol. The maximum atomic E-state index is 7.14. The van der Waals surface area contributed by atoms with Crippen molar-refractivity contribution in [3.63, 3.8) is 0 Å². The van der Waals surface area contributed by atoms with Gasteiger partial charge in [0.25, 0.3) is 6.71 Å². The molecular formula is C59H52BNO2. The van der Waals surface area contributed by atoms with Gasteiger partial charge in [-0.05, 0) is 120 Å². The number of anilines is 3. The van der Waals surface area contributed by atoms with E-state index < -0.39 is 0 Å². The second kappa shape index (κ2) is 15.4. The molecule has 3 nitrogen and oxygen atoms in total. The predicted molar refractivity (Wildman–Crippen MR) is 269 cm³/mol. The molecule has 0 unspecified atom stereocenters. The summed E-state index contributed by atoms with van der Waals surface area (Å²) in [5.74, 6) is 3.26. The molecule has 2 aliphatic heterocycles. The smallest absolute Gasteiger partial charge is 0.260 e. The molecule has 0 saturated carbocycles. The van der Waals surface area contributed by atoms with E-state index >= 15 is 0 Å². The number of allylic oxidation sites excluding steroid dienone is 1. The SMILES string of the molecule is C=Cc1c(/C=C\C)cccc1-c1ccc2c(c1)Oc1cc(N(c3ccc(C(C)(C)C)cc3)c3ccc(C(C)(C)C)cc3)cc3c1B2c1ccc(-c2cccc4ccccc24)cc1O3. The van der Waals surface area contributed by atoms with Gasteiger partial charge in [-0.1, -0.05) is 176 Å². The predicted octanol–water partition coefficient (Wildman–Crippen LogP) is 14.6. The van der Waals surface area contributed by atoms with Crippen molar-refractivity contribution in [1.29, 1.82) is 0 Å². The van der Waals surface area contributed by atoms with Gasteiger partial charge >= 0.3 is 0 Å². The minimum absolute atomic E-state index is 0.0232. The number of rotatable bonds is 7. The first-order valence-corrected chi connectivity index (χ1v) is 22.1. The summed E-state index contributed by atoms with van der Waals surface area (Å²) in [6.07, 6.45) is 6.17. The van der Waals surface area contributed by atoms with Gasteiger partial charge in [0.2, 0.25) is 0 Å². The molecule has 4 heteroatoms. The maximum absolute atomic E-state index is 7.14. The molecular weight excluding hydrogens is 765 g/mol. The lowest BCUT2D eigenvalue weighted by Gasteiger charge is -2.35. The van der Waals surface area contributed by atoms with Gasteiger partial charge in [-0.2, -0.15) is 0 Å². The van der Waals surface area contributed by atoms with Gasteiger partial charge in [0.15, 0.2) is 0 Å². The number of ether oxygens (including phenoxy) is 2. The molecule has 2 aliphatic rings. The molecule has 0 fully saturated rings. The van der Waals surface area contributed by atoms with Crippen LogP contribution in [0.1, 0.15) is 70.7 Å². The van der Waals surface area contributed by atoms with Crippen LogP contribution in [0.3, 0.4) is 0 Å². The Morgan fingerprint density at radius 1 is 0.524 bits per heavy atom. The van der Waals surface area contributed by atoms with E-state index in [9.17, 15) is 0 Å². The fraction of sp³-hybridized carbons (Fsp3) is 0.153. The lowest BCUT2D eigenvalue weighted by atomic mass is 9.34. The Kier molecular flexibility index (Phi) is 9.79. The third-order valence-corrected chi connectivity index (χ3v) is 12.8. The fourth-order valence-electron chi connectivity index (χ4n) is 9.48. The van der Waals surface area contributed by atoms with Gasteiger partial charge in [-0.25, -0.2) is 0 Å². The van der Waals surface area contributed by atoms with Gasteiger partial charge in [-0.15, -0.1) is 0 Å². The zero-order valence-corrected chi connectivity index (χ0v) is 37.3. The molecule has 0 spiro atoms. The van der Waals surface area contributed by atoms with Crippen LogP contribution in [0.25, 0.3) is 45.2 Å². The van der Waals surface area contributed by atoms with Crippen molar-refractivity contribution in [3.05, 3.63) is 193 Å². The summed E-state index contributed by atoms with van der Waals surface area (Å²) in [4.78, 5) is 2.33. The van der Waals surface area contributed by atoms with E-state index in [2.05, 4.69) is 223 Å². The van der Waals surface area contributed by atoms with E-state index in [1.54, 1.807) is 0 Å². The van der Waals surface area contributed by atoms with E-state index in [4.69, 9.17) is 9.47 Å². The Morgan fingerprint density at radius 2 is 1.05 bits per heavy atom. The molecule has 0 bridgehead atoms. The molecule has 63 heavy (non-hydrogen) atoms. The average Bonchev–Trinajstić information content (AvgIpc) is 3.28. The van der Waals surface area contributed by atoms with Crippen molar-refractivity contribution < 1.29 is 9.47 Å². The summed E-state index contributed by atoms with van der Waals surface area (Å²) < 4.78 is 14.3. The summed E-state index contributed by atoms with van der Waals surface area (Å²) in [6.45, 7) is 19.7. The van der Waals surface area contributed by atoms with Crippen molar-refractivity contribution >= 4 is 63.1 Å². The summed E-state index contributed by atoms with van der Waals surface area (Å²) in [7, 11) is 0. The highest BCUT2D eigenvalue weighted by molar-refractivity contribution is 6.98. The highest BCUT2D eigenvalue weighted by atomic mass is 16.5. The van der Waals surface area contributed by atoms with Crippen LogP contribution in [-0.2, 0) is 10.8 Å². The number of hydrogen-bond acceptors (Lipinski definition) is 3. The standard InChI is InChI=1S/C59H52BNO2/c1-9-15-38-17-13-20-49(47(38)10-2)40-22-32-51-53(34-40)62-55-36-46(61(44-28-24-42(25-29-44)58(3,4)5)45-30-26-43(27-31-45)59(6,7)8)37-56-57(55)60(51)52-33-23-41(35-54(52)63-56)50-21-14-18-39-16-11-12-19-48(39)50/h9-37H,2H2,1,3-8H3/b15-9-. The molecule has 0 aromatic heterocycles. The molecule has 10 rings (SSSR count). The van der Waals surface area contributed by atoms with Gasteiger partial charge < -0.3 is 14.4 Å². The summed E-state index contributed by atoms with van der Waals surface area (Å²) >= 11 is 0. The summed E-state index contributed by atoms with van der Waals surface area (Å²) in [5, 5.41) is 2.43. The monoisotopic (exact) mass is 817 g/mol. The molecule has 8 aromatic carbocycles. The molecule has 8 aromatic rings.